The molecule has 0 aliphatic rings. The highest BCUT2D eigenvalue weighted by molar-refractivity contribution is 6.07. The van der Waals surface area contributed by atoms with Crippen LogP contribution in [0.25, 0.3) is 27.3 Å². The topological polar surface area (TPSA) is 49.6 Å². The van der Waals surface area contributed by atoms with Crippen molar-refractivity contribution in [2.24, 2.45) is 0 Å². The van der Waals surface area contributed by atoms with Crippen LogP contribution in [-0.2, 0) is 0 Å². The van der Waals surface area contributed by atoms with Crippen molar-refractivity contribution in [3.63, 3.8) is 0 Å². The van der Waals surface area contributed by atoms with Gasteiger partial charge in [-0.3, -0.25) is 9.20 Å². The lowest BCUT2D eigenvalue weighted by Crippen LogP contribution is -2.28. The van der Waals surface area contributed by atoms with Gasteiger partial charge in [-0.1, -0.05) is 25.5 Å². The minimum absolute atomic E-state index is 0.0806. The Morgan fingerprint density at radius 3 is 2.63 bits per heavy atom. The summed E-state index contributed by atoms with van der Waals surface area (Å²) in [6.07, 6.45) is 0. The number of anilines is 1. The van der Waals surface area contributed by atoms with Crippen LogP contribution >= 0.6 is 0 Å². The molecule has 1 N–H and O–H groups in total. The van der Waals surface area contributed by atoms with E-state index in [1.165, 1.54) is 0 Å². The molecule has 0 saturated carbocycles. The van der Waals surface area contributed by atoms with Crippen molar-refractivity contribution in [1.82, 2.24) is 14.3 Å². The number of likely N-dealkylation sites (N-methyl/N-ethyl adjacent to an activating group) is 1. The highest BCUT2D eigenvalue weighted by Crippen LogP contribution is 2.30. The second-order valence-corrected chi connectivity index (χ2v) is 7.15. The smallest absolute Gasteiger partial charge is 0.199 e. The van der Waals surface area contributed by atoms with Crippen LogP contribution < -0.4 is 10.7 Å². The molecule has 0 bridgehead atoms. The fraction of sp³-hybridized carbons (Fsp3) is 0.364. The molecular formula is C22H26N4O. The third-order valence-electron chi connectivity index (χ3n) is 5.49. The summed E-state index contributed by atoms with van der Waals surface area (Å²) < 4.78 is 2.12. The summed E-state index contributed by atoms with van der Waals surface area (Å²) >= 11 is 0. The SMILES string of the molecule is CCN(CC)CCNc1ccc2nc(C)n3c4ccc(C)cc4c(=O)c1c23. The molecule has 5 nitrogen and oxygen atoms in total. The van der Waals surface area contributed by atoms with Gasteiger partial charge in [0.1, 0.15) is 5.82 Å². The van der Waals surface area contributed by atoms with Gasteiger partial charge in [-0.25, -0.2) is 4.98 Å². The van der Waals surface area contributed by atoms with Crippen LogP contribution in [0.4, 0.5) is 5.69 Å². The van der Waals surface area contributed by atoms with Gasteiger partial charge in [0.25, 0.3) is 0 Å². The molecule has 2 aromatic carbocycles. The first-order valence-corrected chi connectivity index (χ1v) is 9.69. The molecule has 0 spiro atoms. The van der Waals surface area contributed by atoms with Crippen LogP contribution in [0.5, 0.6) is 0 Å². The number of imidazole rings is 1. The molecule has 0 aliphatic carbocycles. The van der Waals surface area contributed by atoms with Gasteiger partial charge in [0.2, 0.25) is 0 Å². The molecule has 5 heteroatoms. The van der Waals surface area contributed by atoms with E-state index in [2.05, 4.69) is 34.5 Å². The monoisotopic (exact) mass is 362 g/mol. The number of rotatable bonds is 6. The van der Waals surface area contributed by atoms with Crippen LogP contribution in [-0.4, -0.2) is 40.5 Å². The van der Waals surface area contributed by atoms with E-state index >= 15 is 0 Å². The molecule has 2 aromatic heterocycles. The Kier molecular flexibility index (Phi) is 4.48. The molecule has 0 aliphatic heterocycles. The Balaban J connectivity index is 1.92. The summed E-state index contributed by atoms with van der Waals surface area (Å²) in [5.41, 5.74) is 4.79. The maximum absolute atomic E-state index is 13.4. The highest BCUT2D eigenvalue weighted by atomic mass is 16.1. The number of nitrogens with one attached hydrogen (secondary N) is 1. The maximum Gasteiger partial charge on any atom is 0.199 e. The van der Waals surface area contributed by atoms with Crippen LogP contribution in [0.1, 0.15) is 25.2 Å². The van der Waals surface area contributed by atoms with Crippen LogP contribution in [0.2, 0.25) is 0 Å². The lowest BCUT2D eigenvalue weighted by Gasteiger charge is -2.19. The highest BCUT2D eigenvalue weighted by Gasteiger charge is 2.18. The first kappa shape index (κ1) is 17.7. The van der Waals surface area contributed by atoms with Crippen LogP contribution in [0.15, 0.2) is 35.1 Å². The van der Waals surface area contributed by atoms with Gasteiger partial charge in [0.05, 0.1) is 21.9 Å². The van der Waals surface area contributed by atoms with Crippen molar-refractivity contribution < 1.29 is 0 Å². The molecule has 0 atom stereocenters. The number of pyridine rings is 1. The Bertz CT molecular complexity index is 1170. The fourth-order valence-electron chi connectivity index (χ4n) is 4.00. The Morgan fingerprint density at radius 1 is 1.11 bits per heavy atom. The van der Waals surface area contributed by atoms with E-state index in [9.17, 15) is 4.79 Å². The number of aromatic nitrogens is 2. The number of fused-ring (bicyclic) bond motifs is 2. The van der Waals surface area contributed by atoms with Gasteiger partial charge >= 0.3 is 0 Å². The summed E-state index contributed by atoms with van der Waals surface area (Å²) in [5, 5.41) is 4.99. The van der Waals surface area contributed by atoms with E-state index < -0.39 is 0 Å². The average Bonchev–Trinajstić information content (AvgIpc) is 3.00. The minimum Gasteiger partial charge on any atom is -0.383 e. The lowest BCUT2D eigenvalue weighted by molar-refractivity contribution is 0.316. The van der Waals surface area contributed by atoms with E-state index in [0.717, 1.165) is 70.6 Å². The zero-order valence-corrected chi connectivity index (χ0v) is 16.5. The molecular weight excluding hydrogens is 336 g/mol. The van der Waals surface area contributed by atoms with Gasteiger partial charge in [0, 0.05) is 24.2 Å². The number of hydrogen-bond acceptors (Lipinski definition) is 4. The van der Waals surface area contributed by atoms with Crippen molar-refractivity contribution in [3.05, 3.63) is 51.9 Å². The summed E-state index contributed by atoms with van der Waals surface area (Å²) in [4.78, 5) is 20.5. The number of aryl methyl sites for hydroxylation is 2. The molecule has 4 aromatic rings. The van der Waals surface area contributed by atoms with Gasteiger partial charge in [-0.15, -0.1) is 0 Å². The van der Waals surface area contributed by atoms with Crippen molar-refractivity contribution in [3.8, 4) is 0 Å². The van der Waals surface area contributed by atoms with E-state index in [4.69, 9.17) is 4.98 Å². The Hall–Kier alpha value is -2.66. The van der Waals surface area contributed by atoms with Crippen molar-refractivity contribution in [2.75, 3.05) is 31.5 Å². The number of nitrogens with zero attached hydrogens (tertiary/aromatic N) is 3. The number of hydrogen-bond donors (Lipinski definition) is 1. The summed E-state index contributed by atoms with van der Waals surface area (Å²) in [7, 11) is 0. The second-order valence-electron chi connectivity index (χ2n) is 7.15. The van der Waals surface area contributed by atoms with Crippen molar-refractivity contribution in [1.29, 1.82) is 0 Å². The Labute approximate surface area is 159 Å². The van der Waals surface area contributed by atoms with Crippen LogP contribution in [0.3, 0.4) is 0 Å². The fourth-order valence-corrected chi connectivity index (χ4v) is 4.00. The standard InChI is InChI=1S/C22H26N4O/c1-5-25(6-2)12-11-23-17-8-9-18-21-20(17)22(27)16-13-14(3)7-10-19(16)26(21)15(4)24-18/h7-10,13,23H,5-6,11-12H2,1-4H3. The lowest BCUT2D eigenvalue weighted by atomic mass is 10.1. The first-order valence-electron chi connectivity index (χ1n) is 9.69. The quantitative estimate of drug-likeness (QED) is 0.530. The third kappa shape index (κ3) is 2.82. The molecule has 4 rings (SSSR count). The zero-order valence-electron chi connectivity index (χ0n) is 16.5. The van der Waals surface area contributed by atoms with E-state index in [1.54, 1.807) is 0 Å². The minimum atomic E-state index is 0.0806. The summed E-state index contributed by atoms with van der Waals surface area (Å²) in [6, 6.07) is 10.1. The molecule has 0 saturated heterocycles. The van der Waals surface area contributed by atoms with Gasteiger partial charge in [-0.05, 0) is 51.2 Å². The first-order chi connectivity index (χ1) is 13.0. The van der Waals surface area contributed by atoms with Crippen molar-refractivity contribution >= 4 is 33.0 Å². The second kappa shape index (κ2) is 6.82. The molecule has 0 unspecified atom stereocenters. The molecule has 140 valence electrons. The summed E-state index contributed by atoms with van der Waals surface area (Å²) in [6.45, 7) is 12.2. The Morgan fingerprint density at radius 2 is 1.89 bits per heavy atom. The normalized spacial score (nSPS) is 12.0. The third-order valence-corrected chi connectivity index (χ3v) is 5.49. The van der Waals surface area contributed by atoms with E-state index in [0.29, 0.717) is 0 Å². The van der Waals surface area contributed by atoms with Crippen LogP contribution in [0, 0.1) is 13.8 Å². The molecule has 27 heavy (non-hydrogen) atoms. The van der Waals surface area contributed by atoms with Crippen molar-refractivity contribution in [2.45, 2.75) is 27.7 Å². The van der Waals surface area contributed by atoms with Gasteiger partial charge in [-0.2, -0.15) is 0 Å². The predicted molar refractivity (Wildman–Crippen MR) is 113 cm³/mol. The maximum atomic E-state index is 13.4. The predicted octanol–water partition coefficient (Wildman–Crippen LogP) is 3.81. The molecule has 0 amide bonds. The molecule has 0 radical (unpaired) electrons. The van der Waals surface area contributed by atoms with E-state index in [-0.39, 0.29) is 5.43 Å². The van der Waals surface area contributed by atoms with Gasteiger partial charge in [0.15, 0.2) is 5.43 Å². The average molecular weight is 362 g/mol. The molecule has 2 heterocycles. The number of benzene rings is 2. The molecule has 0 fully saturated rings. The largest absolute Gasteiger partial charge is 0.383 e. The van der Waals surface area contributed by atoms with Gasteiger partial charge < -0.3 is 10.2 Å². The van der Waals surface area contributed by atoms with E-state index in [1.807, 2.05) is 38.1 Å². The zero-order chi connectivity index (χ0) is 19.1. The summed E-state index contributed by atoms with van der Waals surface area (Å²) in [5.74, 6) is 0.907.